The average molecular weight is 550 g/mol. The van der Waals surface area contributed by atoms with Crippen LogP contribution in [0, 0.1) is 33.8 Å². The summed E-state index contributed by atoms with van der Waals surface area (Å²) in [6, 6.07) is 16.7. The first-order chi connectivity index (χ1) is 13.0. The Hall–Kier alpha value is -0.860. The van der Waals surface area contributed by atoms with E-state index < -0.39 is 0 Å². The molecule has 1 nitrogen and oxygen atoms in total. The van der Waals surface area contributed by atoms with Gasteiger partial charge in [0.1, 0.15) is 0 Å². The van der Waals surface area contributed by atoms with E-state index in [0.717, 1.165) is 5.69 Å². The predicted molar refractivity (Wildman–Crippen MR) is 141 cm³/mol. The van der Waals surface area contributed by atoms with Crippen LogP contribution in [0.1, 0.15) is 33.3 Å². The molecule has 2 radical (unpaired) electrons. The number of aromatic nitrogens is 1. The summed E-state index contributed by atoms with van der Waals surface area (Å²) >= 11 is 1.36. The van der Waals surface area contributed by atoms with Crippen molar-refractivity contribution < 1.29 is 23.3 Å². The fourth-order valence-electron chi connectivity index (χ4n) is 3.38. The number of nitrogens with zero attached hydrogens (tertiary/aromatic N) is 1. The quantitative estimate of drug-likeness (QED) is 0.221. The summed E-state index contributed by atoms with van der Waals surface area (Å²) < 4.78 is 0. The summed E-state index contributed by atoms with van der Waals surface area (Å²) in [5, 5.41) is 2.58. The topological polar surface area (TPSA) is 12.9 Å². The minimum atomic E-state index is 0. The number of allylic oxidation sites excluding steroid dienone is 4. The number of rotatable bonds is 1. The van der Waals surface area contributed by atoms with E-state index in [1.165, 1.54) is 62.0 Å². The molecule has 2 aromatic carbocycles. The zero-order valence-electron chi connectivity index (χ0n) is 19.5. The molecule has 1 aromatic heterocycles. The van der Waals surface area contributed by atoms with Gasteiger partial charge >= 0.3 is 30.2 Å². The summed E-state index contributed by atoms with van der Waals surface area (Å²) in [6.45, 7) is 13.9. The average Bonchev–Trinajstić information content (AvgIpc) is 3.15. The molecule has 1 aliphatic carbocycles. The zero-order chi connectivity index (χ0) is 20.0. The molecular weight excluding hydrogens is 517 g/mol. The van der Waals surface area contributed by atoms with E-state index in [-0.39, 0.29) is 39.7 Å². The van der Waals surface area contributed by atoms with E-state index in [4.69, 9.17) is 0 Å². The molecule has 5 heteroatoms. The number of hydrogen-bond donors (Lipinski definition) is 0. The maximum atomic E-state index is 4.43. The van der Waals surface area contributed by atoms with Gasteiger partial charge in [0.05, 0.1) is 0 Å². The SMILES string of the molecule is CC1=[C-]C(C)C(C)=C1C.Cc1[cH-]c2ccccc2c1-c1ccccn1.Cl.Cl.[CH3-].[CH3-].[Si]=[Zr]. The molecule has 1 aliphatic rings. The molecule has 4 rings (SSSR count). The molecule has 3 aromatic rings. The van der Waals surface area contributed by atoms with Crippen molar-refractivity contribution >= 4 is 42.5 Å². The first-order valence-corrected chi connectivity index (χ1v) is 13.3. The van der Waals surface area contributed by atoms with E-state index in [2.05, 4.69) is 89.0 Å². The third kappa shape index (κ3) is 8.54. The van der Waals surface area contributed by atoms with Crippen LogP contribution in [0.15, 0.2) is 71.4 Å². The van der Waals surface area contributed by atoms with Crippen molar-refractivity contribution in [2.75, 3.05) is 0 Å². The normalized spacial score (nSPS) is 13.5. The third-order valence-electron chi connectivity index (χ3n) is 5.15. The van der Waals surface area contributed by atoms with Crippen LogP contribution in [0.4, 0.5) is 0 Å². The number of halogens is 2. The minimum absolute atomic E-state index is 0. The van der Waals surface area contributed by atoms with Crippen LogP contribution in [0.2, 0.25) is 0 Å². The molecule has 1 atom stereocenters. The van der Waals surface area contributed by atoms with E-state index in [9.17, 15) is 0 Å². The maximum absolute atomic E-state index is 4.43. The van der Waals surface area contributed by atoms with Crippen LogP contribution in [-0.4, -0.2) is 11.9 Å². The molecule has 0 bridgehead atoms. The first kappa shape index (κ1) is 34.7. The molecule has 1 unspecified atom stereocenters. The number of hydrogen-bond acceptors (Lipinski definition) is 1. The van der Waals surface area contributed by atoms with Gasteiger partial charge in [0.25, 0.3) is 0 Å². The van der Waals surface area contributed by atoms with E-state index in [0.29, 0.717) is 5.92 Å². The van der Waals surface area contributed by atoms with Gasteiger partial charge in [-0.3, -0.25) is 11.1 Å². The molecule has 0 fully saturated rings. The van der Waals surface area contributed by atoms with Gasteiger partial charge < -0.3 is 14.9 Å². The Labute approximate surface area is 219 Å². The molecule has 0 saturated carbocycles. The van der Waals surface area contributed by atoms with Gasteiger partial charge in [-0.25, -0.2) is 5.57 Å². The molecule has 0 N–H and O–H groups in total. The number of fused-ring (bicyclic) bond motifs is 1. The van der Waals surface area contributed by atoms with E-state index in [1.54, 1.807) is 0 Å². The van der Waals surface area contributed by atoms with Crippen molar-refractivity contribution in [3.05, 3.63) is 97.9 Å². The van der Waals surface area contributed by atoms with Crippen LogP contribution in [0.3, 0.4) is 0 Å². The molecule has 31 heavy (non-hydrogen) atoms. The Morgan fingerprint density at radius 1 is 0.935 bits per heavy atom. The number of benzene rings is 1. The Bertz CT molecular complexity index is 977. The van der Waals surface area contributed by atoms with Gasteiger partial charge in [-0.05, 0) is 12.1 Å². The van der Waals surface area contributed by atoms with Gasteiger partial charge in [-0.1, -0.05) is 45.7 Å². The van der Waals surface area contributed by atoms with Crippen molar-refractivity contribution in [3.8, 4) is 11.3 Å². The summed E-state index contributed by atoms with van der Waals surface area (Å²) in [5.41, 5.74) is 7.85. The summed E-state index contributed by atoms with van der Waals surface area (Å²) in [6.07, 6.45) is 5.20. The molecule has 0 spiro atoms. The molecular formula is C26H33Cl2NSiZr-4. The second-order valence-corrected chi connectivity index (χ2v) is 6.80. The van der Waals surface area contributed by atoms with Crippen LogP contribution in [0.5, 0.6) is 0 Å². The Kier molecular flexibility index (Phi) is 18.7. The molecule has 0 aliphatic heterocycles. The van der Waals surface area contributed by atoms with Crippen LogP contribution in [-0.2, 0) is 23.3 Å². The number of pyridine rings is 1. The van der Waals surface area contributed by atoms with Gasteiger partial charge in [0.2, 0.25) is 0 Å². The van der Waals surface area contributed by atoms with Gasteiger partial charge in [-0.15, -0.1) is 77.9 Å². The Morgan fingerprint density at radius 2 is 1.52 bits per heavy atom. The summed E-state index contributed by atoms with van der Waals surface area (Å²) in [4.78, 5) is 4.43. The van der Waals surface area contributed by atoms with Gasteiger partial charge in [0, 0.05) is 11.9 Å². The first-order valence-electron chi connectivity index (χ1n) is 9.08. The predicted octanol–water partition coefficient (Wildman–Crippen LogP) is 8.01. The third-order valence-corrected chi connectivity index (χ3v) is 5.15. The summed E-state index contributed by atoms with van der Waals surface area (Å²) in [5.74, 6) is 0.560. The van der Waals surface area contributed by atoms with Crippen LogP contribution >= 0.6 is 24.8 Å². The second kappa shape index (κ2) is 16.7. The van der Waals surface area contributed by atoms with E-state index in [1.807, 2.05) is 18.3 Å². The van der Waals surface area contributed by atoms with Crippen LogP contribution < -0.4 is 0 Å². The van der Waals surface area contributed by atoms with Crippen molar-refractivity contribution in [1.82, 2.24) is 4.98 Å². The number of aryl methyl sites for hydroxylation is 1. The molecule has 0 amide bonds. The fraction of sp³-hybridized carbons (Fsp3) is 0.231. The summed E-state index contributed by atoms with van der Waals surface area (Å²) in [7, 11) is 0. The van der Waals surface area contributed by atoms with Crippen molar-refractivity contribution in [2.24, 2.45) is 5.92 Å². The fourth-order valence-corrected chi connectivity index (χ4v) is 3.38. The molecule has 168 valence electrons. The standard InChI is InChI=1S/C15H12N.C9H13.2CH3.2ClH.Si.Zr/c1-11-10-12-6-2-3-7-13(12)15(11)14-8-4-5-9-16-14;1-6-5-7(2)9(4)8(6)3;;;;;;/h2-10H,1H3;6H,1-4H3;2*1H3;2*1H;;/q4*-1;;;;. The molecule has 1 heterocycles. The Morgan fingerprint density at radius 3 is 1.97 bits per heavy atom. The van der Waals surface area contributed by atoms with Gasteiger partial charge in [0.15, 0.2) is 0 Å². The zero-order valence-corrected chi connectivity index (χ0v) is 24.6. The molecule has 0 saturated heterocycles. The van der Waals surface area contributed by atoms with E-state index >= 15 is 0 Å². The Balaban J connectivity index is -0.000000460. The second-order valence-electron chi connectivity index (χ2n) is 6.80. The van der Waals surface area contributed by atoms with Gasteiger partial charge in [-0.2, -0.15) is 11.1 Å². The van der Waals surface area contributed by atoms with Crippen LogP contribution in [0.25, 0.3) is 22.0 Å². The van der Waals surface area contributed by atoms with Crippen molar-refractivity contribution in [2.45, 2.75) is 34.6 Å². The van der Waals surface area contributed by atoms with Crippen molar-refractivity contribution in [1.29, 1.82) is 0 Å². The monoisotopic (exact) mass is 547 g/mol. The van der Waals surface area contributed by atoms with Crippen molar-refractivity contribution in [3.63, 3.8) is 0 Å².